The molecular weight excluding hydrogens is 264 g/mol. The molecule has 2 aliphatic rings. The van der Waals surface area contributed by atoms with Gasteiger partial charge in [0.2, 0.25) is 0 Å². The van der Waals surface area contributed by atoms with Gasteiger partial charge < -0.3 is 14.5 Å². The van der Waals surface area contributed by atoms with E-state index in [4.69, 9.17) is 4.74 Å². The Morgan fingerprint density at radius 3 is 2.67 bits per heavy atom. The summed E-state index contributed by atoms with van der Waals surface area (Å²) in [5, 5.41) is 0. The summed E-state index contributed by atoms with van der Waals surface area (Å²) in [5.74, 6) is -0.148. The van der Waals surface area contributed by atoms with Crippen molar-refractivity contribution < 1.29 is 9.53 Å². The van der Waals surface area contributed by atoms with Gasteiger partial charge in [0, 0.05) is 31.8 Å². The molecule has 0 aromatic carbocycles. The maximum absolute atomic E-state index is 11.7. The van der Waals surface area contributed by atoms with Crippen molar-refractivity contribution in [2.75, 3.05) is 46.4 Å². The van der Waals surface area contributed by atoms with Gasteiger partial charge in [0.15, 0.2) is 0 Å². The van der Waals surface area contributed by atoms with Crippen molar-refractivity contribution in [2.45, 2.75) is 33.1 Å². The summed E-state index contributed by atoms with van der Waals surface area (Å²) >= 11 is 0. The number of nitrogens with zero attached hydrogens (tertiary/aromatic N) is 2. The molecule has 2 aliphatic heterocycles. The molecule has 2 fully saturated rings. The smallest absolute Gasteiger partial charge is 0.338 e. The van der Waals surface area contributed by atoms with E-state index in [1.165, 1.54) is 31.8 Å². The fourth-order valence-corrected chi connectivity index (χ4v) is 2.97. The fraction of sp³-hybridized carbons (Fsp3) is 0.706. The van der Waals surface area contributed by atoms with E-state index in [0.717, 1.165) is 37.0 Å². The molecule has 0 aromatic heterocycles. The van der Waals surface area contributed by atoms with Gasteiger partial charge >= 0.3 is 5.97 Å². The van der Waals surface area contributed by atoms with Crippen molar-refractivity contribution in [3.8, 4) is 0 Å². The van der Waals surface area contributed by atoms with Crippen molar-refractivity contribution in [3.05, 3.63) is 22.8 Å². The van der Waals surface area contributed by atoms with Crippen LogP contribution in [0.2, 0.25) is 0 Å². The minimum atomic E-state index is -0.148. The third-order valence-electron chi connectivity index (χ3n) is 4.44. The number of likely N-dealkylation sites (N-methyl/N-ethyl adjacent to an activating group) is 1. The van der Waals surface area contributed by atoms with Crippen LogP contribution in [-0.2, 0) is 9.53 Å². The largest absolute Gasteiger partial charge is 0.457 e. The molecule has 4 nitrogen and oxygen atoms in total. The molecule has 0 radical (unpaired) electrons. The Bertz CT molecular complexity index is 432. The number of piperazine rings is 1. The van der Waals surface area contributed by atoms with Gasteiger partial charge in [-0.2, -0.15) is 0 Å². The van der Waals surface area contributed by atoms with Crippen LogP contribution in [0.1, 0.15) is 33.1 Å². The summed E-state index contributed by atoms with van der Waals surface area (Å²) in [6.07, 6.45) is 5.09. The number of ether oxygens (including phenoxy) is 1. The summed E-state index contributed by atoms with van der Waals surface area (Å²) in [6.45, 7) is 10.5. The van der Waals surface area contributed by atoms with Gasteiger partial charge in [0.05, 0.1) is 5.57 Å². The van der Waals surface area contributed by atoms with Crippen LogP contribution in [0.3, 0.4) is 0 Å². The van der Waals surface area contributed by atoms with Gasteiger partial charge in [-0.1, -0.05) is 18.6 Å². The Labute approximate surface area is 128 Å². The lowest BCUT2D eigenvalue weighted by Gasteiger charge is -2.32. The third kappa shape index (κ3) is 4.42. The van der Waals surface area contributed by atoms with Gasteiger partial charge in [-0.25, -0.2) is 4.79 Å². The van der Waals surface area contributed by atoms with E-state index in [0.29, 0.717) is 6.61 Å². The Hall–Kier alpha value is -1.13. The van der Waals surface area contributed by atoms with Crippen LogP contribution < -0.4 is 0 Å². The van der Waals surface area contributed by atoms with Crippen LogP contribution >= 0.6 is 0 Å². The molecule has 0 aromatic rings. The van der Waals surface area contributed by atoms with Crippen LogP contribution in [0.5, 0.6) is 0 Å². The Morgan fingerprint density at radius 1 is 1.29 bits per heavy atom. The van der Waals surface area contributed by atoms with Crippen LogP contribution in [-0.4, -0.2) is 62.1 Å². The van der Waals surface area contributed by atoms with Gasteiger partial charge in [-0.15, -0.1) is 0 Å². The molecule has 0 bridgehead atoms. The fourth-order valence-electron chi connectivity index (χ4n) is 2.97. The highest BCUT2D eigenvalue weighted by molar-refractivity contribution is 5.96. The maximum Gasteiger partial charge on any atom is 0.338 e. The van der Waals surface area contributed by atoms with E-state index in [1.807, 2.05) is 6.08 Å². The van der Waals surface area contributed by atoms with Crippen molar-refractivity contribution >= 4 is 5.97 Å². The summed E-state index contributed by atoms with van der Waals surface area (Å²) in [6, 6.07) is 0. The van der Waals surface area contributed by atoms with E-state index in [-0.39, 0.29) is 5.97 Å². The lowest BCUT2D eigenvalue weighted by molar-refractivity contribution is -0.135. The van der Waals surface area contributed by atoms with E-state index in [1.54, 1.807) is 0 Å². The molecule has 0 amide bonds. The normalized spacial score (nSPS) is 25.5. The molecule has 21 heavy (non-hydrogen) atoms. The first-order valence-electron chi connectivity index (χ1n) is 8.09. The highest BCUT2D eigenvalue weighted by atomic mass is 16.5. The molecule has 2 heterocycles. The van der Waals surface area contributed by atoms with E-state index in [9.17, 15) is 4.79 Å². The van der Waals surface area contributed by atoms with Gasteiger partial charge in [0.1, 0.15) is 6.61 Å². The second-order valence-electron chi connectivity index (χ2n) is 6.11. The van der Waals surface area contributed by atoms with Crippen molar-refractivity contribution in [2.24, 2.45) is 0 Å². The minimum absolute atomic E-state index is 0.148. The Kier molecular flexibility index (Phi) is 6.00. The Morgan fingerprint density at radius 2 is 2.00 bits per heavy atom. The number of allylic oxidation sites excluding steroid dienone is 2. The highest BCUT2D eigenvalue weighted by Crippen LogP contribution is 2.26. The van der Waals surface area contributed by atoms with Crippen LogP contribution in [0.4, 0.5) is 0 Å². The van der Waals surface area contributed by atoms with Gasteiger partial charge in [-0.3, -0.25) is 0 Å². The highest BCUT2D eigenvalue weighted by Gasteiger charge is 2.25. The van der Waals surface area contributed by atoms with Gasteiger partial charge in [-0.05, 0) is 39.8 Å². The number of carbonyl (C=O) groups is 1. The number of esters is 1. The minimum Gasteiger partial charge on any atom is -0.457 e. The first-order chi connectivity index (χ1) is 10.1. The summed E-state index contributed by atoms with van der Waals surface area (Å²) in [5.41, 5.74) is 3.24. The number of carbonyl (C=O) groups excluding carboxylic acids is 1. The van der Waals surface area contributed by atoms with Crippen molar-refractivity contribution in [1.82, 2.24) is 9.80 Å². The van der Waals surface area contributed by atoms with Crippen LogP contribution in [0.15, 0.2) is 22.8 Å². The molecule has 0 saturated carbocycles. The molecule has 2 saturated heterocycles. The second kappa shape index (κ2) is 7.76. The average Bonchev–Trinajstić information content (AvgIpc) is 2.83. The van der Waals surface area contributed by atoms with Crippen molar-refractivity contribution in [3.63, 3.8) is 0 Å². The first-order valence-corrected chi connectivity index (χ1v) is 8.09. The first kappa shape index (κ1) is 16.2. The molecule has 0 unspecified atom stereocenters. The zero-order valence-corrected chi connectivity index (χ0v) is 13.7. The molecule has 4 heteroatoms. The van der Waals surface area contributed by atoms with E-state index in [2.05, 4.69) is 30.7 Å². The zero-order valence-electron chi connectivity index (χ0n) is 13.7. The van der Waals surface area contributed by atoms with E-state index >= 15 is 0 Å². The number of cyclic esters (lactones) is 1. The summed E-state index contributed by atoms with van der Waals surface area (Å²) in [7, 11) is 2.19. The standard InChI is InChI=1S/C17H28N2O2/c1-4-6-15-16(13-21-17(15)20)14(2)7-5-8-19-11-9-18(3)10-12-19/h6H,4-5,7-13H2,1-3H3/b15-6+,16-14-. The molecule has 118 valence electrons. The average molecular weight is 292 g/mol. The predicted molar refractivity (Wildman–Crippen MR) is 85.2 cm³/mol. The summed E-state index contributed by atoms with van der Waals surface area (Å²) < 4.78 is 5.18. The monoisotopic (exact) mass is 292 g/mol. The molecule has 0 atom stereocenters. The number of hydrogen-bond acceptors (Lipinski definition) is 4. The van der Waals surface area contributed by atoms with Crippen molar-refractivity contribution in [1.29, 1.82) is 0 Å². The molecule has 0 N–H and O–H groups in total. The van der Waals surface area contributed by atoms with Crippen LogP contribution in [0.25, 0.3) is 0 Å². The molecule has 0 aliphatic carbocycles. The third-order valence-corrected chi connectivity index (χ3v) is 4.44. The lowest BCUT2D eigenvalue weighted by atomic mass is 9.99. The van der Waals surface area contributed by atoms with Crippen LogP contribution in [0, 0.1) is 0 Å². The SMILES string of the molecule is CC/C=C1/C(=O)OC/C1=C(\C)CCCN1CCN(C)CC1. The maximum atomic E-state index is 11.7. The number of rotatable bonds is 5. The molecular formula is C17H28N2O2. The van der Waals surface area contributed by atoms with Gasteiger partial charge in [0.25, 0.3) is 0 Å². The predicted octanol–water partition coefficient (Wildman–Crippen LogP) is 2.22. The number of hydrogen-bond donors (Lipinski definition) is 0. The molecule has 0 spiro atoms. The second-order valence-corrected chi connectivity index (χ2v) is 6.11. The zero-order chi connectivity index (χ0) is 15.2. The topological polar surface area (TPSA) is 32.8 Å². The Balaban J connectivity index is 1.83. The summed E-state index contributed by atoms with van der Waals surface area (Å²) in [4.78, 5) is 16.6. The lowest BCUT2D eigenvalue weighted by Crippen LogP contribution is -2.44. The van der Waals surface area contributed by atoms with E-state index < -0.39 is 0 Å². The molecule has 2 rings (SSSR count). The quantitative estimate of drug-likeness (QED) is 0.574.